The number of nitrogens with zero attached hydrogens (tertiary/aromatic N) is 1. The average Bonchev–Trinajstić information content (AvgIpc) is 2.63. The Kier molecular flexibility index (Phi) is 7.74. The van der Waals surface area contributed by atoms with E-state index in [0.717, 1.165) is 5.56 Å². The van der Waals surface area contributed by atoms with E-state index in [9.17, 15) is 14.4 Å². The van der Waals surface area contributed by atoms with Gasteiger partial charge in [-0.1, -0.05) is 12.1 Å². The van der Waals surface area contributed by atoms with Crippen molar-refractivity contribution in [1.29, 1.82) is 0 Å². The largest absolute Gasteiger partial charge is 0.497 e. The topological polar surface area (TPSA) is 97.0 Å². The minimum absolute atomic E-state index is 0.121. The summed E-state index contributed by atoms with van der Waals surface area (Å²) in [7, 11) is 1.57. The number of amides is 2. The zero-order chi connectivity index (χ0) is 20.7. The van der Waals surface area contributed by atoms with Crippen molar-refractivity contribution in [3.8, 4) is 5.75 Å². The molecule has 0 bridgehead atoms. The maximum absolute atomic E-state index is 12.3. The van der Waals surface area contributed by atoms with Gasteiger partial charge in [0.05, 0.1) is 26.1 Å². The van der Waals surface area contributed by atoms with Gasteiger partial charge in [0.15, 0.2) is 5.11 Å². The van der Waals surface area contributed by atoms with Crippen LogP contribution in [-0.2, 0) is 25.5 Å². The highest BCUT2D eigenvalue weighted by atomic mass is 32.1. The first-order valence-electron chi connectivity index (χ1n) is 9.00. The van der Waals surface area contributed by atoms with E-state index in [1.807, 2.05) is 0 Å². The van der Waals surface area contributed by atoms with E-state index in [1.54, 1.807) is 50.1 Å². The van der Waals surface area contributed by atoms with Crippen LogP contribution >= 0.6 is 12.2 Å². The molecule has 2 rings (SSSR count). The van der Waals surface area contributed by atoms with E-state index in [1.165, 1.54) is 0 Å². The number of thiocarbonyl (C=S) groups is 1. The molecule has 0 radical (unpaired) electrons. The third-order valence-corrected chi connectivity index (χ3v) is 4.43. The lowest BCUT2D eigenvalue weighted by Crippen LogP contribution is -2.60. The smallest absolute Gasteiger partial charge is 0.308 e. The van der Waals surface area contributed by atoms with Gasteiger partial charge < -0.3 is 25.0 Å². The molecule has 1 aliphatic heterocycles. The number of ether oxygens (including phenoxy) is 2. The molecule has 2 N–H and O–H groups in total. The minimum atomic E-state index is -0.811. The van der Waals surface area contributed by atoms with Crippen molar-refractivity contribution in [1.82, 2.24) is 15.5 Å². The predicted octanol–water partition coefficient (Wildman–Crippen LogP) is 0.781. The molecule has 28 heavy (non-hydrogen) atoms. The molecule has 0 aromatic heterocycles. The van der Waals surface area contributed by atoms with Crippen LogP contribution in [0.4, 0.5) is 0 Å². The predicted molar refractivity (Wildman–Crippen MR) is 107 cm³/mol. The zero-order valence-corrected chi connectivity index (χ0v) is 17.0. The van der Waals surface area contributed by atoms with Crippen molar-refractivity contribution in [2.75, 3.05) is 20.2 Å². The van der Waals surface area contributed by atoms with Crippen LogP contribution in [0, 0.1) is 0 Å². The standard InChI is InChI=1S/C19H25N3O5S/c1-12(2)27-17(24)11-15-18(25)20-8-9-22(15)19(28)21-16(23)10-13-4-6-14(26-3)7-5-13/h4-7,12,15H,8-11H2,1-3H3,(H,20,25)(H,21,23,28)/t15-/m1/s1. The van der Waals surface area contributed by atoms with E-state index in [0.29, 0.717) is 18.8 Å². The first kappa shape index (κ1) is 21.6. The van der Waals surface area contributed by atoms with Gasteiger partial charge in [-0.15, -0.1) is 0 Å². The van der Waals surface area contributed by atoms with E-state index < -0.39 is 12.0 Å². The number of nitrogens with one attached hydrogen (secondary N) is 2. The summed E-state index contributed by atoms with van der Waals surface area (Å²) in [5, 5.41) is 5.47. The van der Waals surface area contributed by atoms with Crippen LogP contribution < -0.4 is 15.4 Å². The molecule has 1 aliphatic rings. The highest BCUT2D eigenvalue weighted by molar-refractivity contribution is 7.80. The molecule has 0 spiro atoms. The number of carbonyl (C=O) groups excluding carboxylic acids is 3. The summed E-state index contributed by atoms with van der Waals surface area (Å²) in [6.45, 7) is 4.25. The van der Waals surface area contributed by atoms with Crippen LogP contribution in [0.1, 0.15) is 25.8 Å². The molecule has 1 aromatic rings. The first-order chi connectivity index (χ1) is 13.3. The molecule has 0 unspecified atom stereocenters. The molecule has 8 nitrogen and oxygen atoms in total. The third-order valence-electron chi connectivity index (χ3n) is 4.09. The monoisotopic (exact) mass is 407 g/mol. The average molecular weight is 407 g/mol. The zero-order valence-electron chi connectivity index (χ0n) is 16.2. The van der Waals surface area contributed by atoms with Gasteiger partial charge in [-0.3, -0.25) is 14.4 Å². The lowest BCUT2D eigenvalue weighted by molar-refractivity contribution is -0.150. The lowest BCUT2D eigenvalue weighted by Gasteiger charge is -2.36. The second kappa shape index (κ2) is 10.0. The summed E-state index contributed by atoms with van der Waals surface area (Å²) in [4.78, 5) is 38.1. The fourth-order valence-corrected chi connectivity index (χ4v) is 3.13. The highest BCUT2D eigenvalue weighted by Gasteiger charge is 2.34. The second-order valence-corrected chi connectivity index (χ2v) is 7.01. The van der Waals surface area contributed by atoms with Crippen LogP contribution in [0.15, 0.2) is 24.3 Å². The van der Waals surface area contributed by atoms with Crippen LogP contribution in [0.3, 0.4) is 0 Å². The van der Waals surface area contributed by atoms with Crippen molar-refractivity contribution in [2.24, 2.45) is 0 Å². The molecular weight excluding hydrogens is 382 g/mol. The Morgan fingerprint density at radius 1 is 1.32 bits per heavy atom. The molecule has 1 aromatic carbocycles. The van der Waals surface area contributed by atoms with Crippen LogP contribution in [0.2, 0.25) is 0 Å². The number of hydrogen-bond donors (Lipinski definition) is 2. The fraction of sp³-hybridized carbons (Fsp3) is 0.474. The molecule has 0 saturated carbocycles. The van der Waals surface area contributed by atoms with E-state index >= 15 is 0 Å². The lowest BCUT2D eigenvalue weighted by atomic mass is 10.1. The Hall–Kier alpha value is -2.68. The Bertz CT molecular complexity index is 736. The number of piperazine rings is 1. The molecule has 1 heterocycles. The Morgan fingerprint density at radius 3 is 2.61 bits per heavy atom. The summed E-state index contributed by atoms with van der Waals surface area (Å²) in [5.41, 5.74) is 0.801. The maximum atomic E-state index is 12.3. The van der Waals surface area contributed by atoms with Crippen LogP contribution in [0.5, 0.6) is 5.75 Å². The van der Waals surface area contributed by atoms with Gasteiger partial charge in [0.2, 0.25) is 11.8 Å². The van der Waals surface area contributed by atoms with Gasteiger partial charge in [-0.25, -0.2) is 0 Å². The van der Waals surface area contributed by atoms with Crippen molar-refractivity contribution >= 4 is 35.1 Å². The Labute approximate surface area is 169 Å². The third kappa shape index (κ3) is 6.19. The van der Waals surface area contributed by atoms with Gasteiger partial charge in [0.1, 0.15) is 11.8 Å². The van der Waals surface area contributed by atoms with Gasteiger partial charge in [-0.05, 0) is 43.8 Å². The molecule has 1 fully saturated rings. The van der Waals surface area contributed by atoms with Crippen molar-refractivity contribution in [2.45, 2.75) is 38.8 Å². The number of rotatable bonds is 6. The van der Waals surface area contributed by atoms with E-state index in [4.69, 9.17) is 21.7 Å². The summed E-state index contributed by atoms with van der Waals surface area (Å²) in [6.07, 6.45) is -0.285. The maximum Gasteiger partial charge on any atom is 0.308 e. The molecule has 1 saturated heterocycles. The molecule has 2 amide bonds. The van der Waals surface area contributed by atoms with Crippen molar-refractivity contribution in [3.05, 3.63) is 29.8 Å². The summed E-state index contributed by atoms with van der Waals surface area (Å²) in [5.74, 6) is -0.409. The van der Waals surface area contributed by atoms with Crippen LogP contribution in [-0.4, -0.2) is 60.1 Å². The number of esters is 1. The molecule has 152 valence electrons. The van der Waals surface area contributed by atoms with Crippen molar-refractivity contribution in [3.63, 3.8) is 0 Å². The van der Waals surface area contributed by atoms with E-state index in [-0.39, 0.29) is 35.9 Å². The number of methoxy groups -OCH3 is 1. The number of carbonyl (C=O) groups is 3. The minimum Gasteiger partial charge on any atom is -0.497 e. The van der Waals surface area contributed by atoms with Gasteiger partial charge in [0, 0.05) is 13.1 Å². The van der Waals surface area contributed by atoms with Crippen molar-refractivity contribution < 1.29 is 23.9 Å². The summed E-state index contributed by atoms with van der Waals surface area (Å²) >= 11 is 5.32. The Morgan fingerprint density at radius 2 is 2.00 bits per heavy atom. The SMILES string of the molecule is COc1ccc(CC(=O)NC(=S)N2CCNC(=O)[C@H]2CC(=O)OC(C)C)cc1. The van der Waals surface area contributed by atoms with Gasteiger partial charge in [0.25, 0.3) is 0 Å². The second-order valence-electron chi connectivity index (χ2n) is 6.62. The van der Waals surface area contributed by atoms with E-state index in [2.05, 4.69) is 10.6 Å². The number of benzene rings is 1. The molecule has 1 atom stereocenters. The number of hydrogen-bond acceptors (Lipinski definition) is 6. The molecular formula is C19H25N3O5S. The molecule has 0 aliphatic carbocycles. The highest BCUT2D eigenvalue weighted by Crippen LogP contribution is 2.13. The fourth-order valence-electron chi connectivity index (χ4n) is 2.79. The first-order valence-corrected chi connectivity index (χ1v) is 9.41. The normalized spacial score (nSPS) is 16.4. The molecule has 9 heteroatoms. The van der Waals surface area contributed by atoms with Gasteiger partial charge >= 0.3 is 5.97 Å². The summed E-state index contributed by atoms with van der Waals surface area (Å²) < 4.78 is 10.2. The Balaban J connectivity index is 1.97. The van der Waals surface area contributed by atoms with Crippen LogP contribution in [0.25, 0.3) is 0 Å². The quantitative estimate of drug-likeness (QED) is 0.531. The summed E-state index contributed by atoms with van der Waals surface area (Å²) in [6, 6.07) is 6.31. The van der Waals surface area contributed by atoms with Gasteiger partial charge in [-0.2, -0.15) is 0 Å².